The third-order valence-corrected chi connectivity index (χ3v) is 2.59. The molecule has 6 heteroatoms. The first-order valence-electron chi connectivity index (χ1n) is 5.56. The van der Waals surface area contributed by atoms with Crippen LogP contribution >= 0.6 is 0 Å². The van der Waals surface area contributed by atoms with Crippen LogP contribution in [0.25, 0.3) is 0 Å². The second kappa shape index (κ2) is 5.01. The van der Waals surface area contributed by atoms with Crippen LogP contribution in [0.5, 0.6) is 5.75 Å². The van der Waals surface area contributed by atoms with Gasteiger partial charge in [-0.25, -0.2) is 0 Å². The van der Waals surface area contributed by atoms with Crippen molar-refractivity contribution in [3.8, 4) is 5.75 Å². The smallest absolute Gasteiger partial charge is 0.308 e. The number of esters is 1. The van der Waals surface area contributed by atoms with Gasteiger partial charge in [-0.2, -0.15) is 0 Å². The van der Waals surface area contributed by atoms with Crippen LogP contribution in [0.2, 0.25) is 0 Å². The Hall–Kier alpha value is -2.50. The molecular weight excluding hydrogens is 250 g/mol. The standard InChI is InChI=1S/C13H13NO5/c1-7(15)18-12-10(16)11(19-13(12)14)8-3-5-9(17-2)6-4-8/h3-6,11H,14H2,1-2H3. The van der Waals surface area contributed by atoms with E-state index >= 15 is 0 Å². The molecule has 0 aromatic heterocycles. The van der Waals surface area contributed by atoms with Crippen molar-refractivity contribution in [1.82, 2.24) is 0 Å². The van der Waals surface area contributed by atoms with Gasteiger partial charge in [0.15, 0.2) is 6.10 Å². The van der Waals surface area contributed by atoms with Gasteiger partial charge >= 0.3 is 5.97 Å². The van der Waals surface area contributed by atoms with Crippen LogP contribution in [0.3, 0.4) is 0 Å². The maximum atomic E-state index is 12.0. The Labute approximate surface area is 109 Å². The molecule has 1 heterocycles. The maximum Gasteiger partial charge on any atom is 0.308 e. The summed E-state index contributed by atoms with van der Waals surface area (Å²) in [4.78, 5) is 22.9. The van der Waals surface area contributed by atoms with Crippen LogP contribution < -0.4 is 10.5 Å². The number of rotatable bonds is 3. The van der Waals surface area contributed by atoms with Crippen molar-refractivity contribution in [1.29, 1.82) is 0 Å². The lowest BCUT2D eigenvalue weighted by atomic mass is 10.1. The Morgan fingerprint density at radius 3 is 2.47 bits per heavy atom. The number of ketones is 1. The highest BCUT2D eigenvalue weighted by molar-refractivity contribution is 6.01. The van der Waals surface area contributed by atoms with Gasteiger partial charge in [-0.3, -0.25) is 9.59 Å². The lowest BCUT2D eigenvalue weighted by molar-refractivity contribution is -0.140. The molecule has 1 atom stereocenters. The molecule has 0 aliphatic carbocycles. The molecule has 0 spiro atoms. The van der Waals surface area contributed by atoms with Gasteiger partial charge in [0, 0.05) is 12.5 Å². The van der Waals surface area contributed by atoms with Gasteiger partial charge in [0.25, 0.3) is 0 Å². The molecule has 0 amide bonds. The quantitative estimate of drug-likeness (QED) is 0.819. The number of methoxy groups -OCH3 is 1. The predicted molar refractivity (Wildman–Crippen MR) is 64.8 cm³/mol. The van der Waals surface area contributed by atoms with Crippen LogP contribution in [-0.2, 0) is 19.1 Å². The van der Waals surface area contributed by atoms with Crippen molar-refractivity contribution < 1.29 is 23.8 Å². The van der Waals surface area contributed by atoms with Crippen LogP contribution in [0.15, 0.2) is 35.9 Å². The Bertz CT molecular complexity index is 547. The van der Waals surface area contributed by atoms with E-state index < -0.39 is 17.9 Å². The van der Waals surface area contributed by atoms with E-state index in [1.165, 1.54) is 6.92 Å². The molecule has 2 N–H and O–H groups in total. The Morgan fingerprint density at radius 2 is 1.95 bits per heavy atom. The van der Waals surface area contributed by atoms with E-state index in [-0.39, 0.29) is 11.6 Å². The number of nitrogens with two attached hydrogens (primary N) is 1. The van der Waals surface area contributed by atoms with Gasteiger partial charge in [0.1, 0.15) is 5.75 Å². The Morgan fingerprint density at radius 1 is 1.32 bits per heavy atom. The molecule has 1 aliphatic rings. The van der Waals surface area contributed by atoms with E-state index in [9.17, 15) is 9.59 Å². The number of carbonyl (C=O) groups excluding carboxylic acids is 2. The first-order valence-corrected chi connectivity index (χ1v) is 5.56. The highest BCUT2D eigenvalue weighted by Crippen LogP contribution is 2.32. The third kappa shape index (κ3) is 2.52. The molecule has 0 radical (unpaired) electrons. The summed E-state index contributed by atoms with van der Waals surface area (Å²) in [5.41, 5.74) is 6.14. The van der Waals surface area contributed by atoms with Crippen LogP contribution in [-0.4, -0.2) is 18.9 Å². The van der Waals surface area contributed by atoms with E-state index in [0.717, 1.165) is 0 Å². The summed E-state index contributed by atoms with van der Waals surface area (Å²) < 4.78 is 15.0. The van der Waals surface area contributed by atoms with Crippen LogP contribution in [0.1, 0.15) is 18.6 Å². The molecule has 1 aliphatic heterocycles. The van der Waals surface area contributed by atoms with E-state index in [1.54, 1.807) is 31.4 Å². The fourth-order valence-electron chi connectivity index (χ4n) is 1.72. The molecule has 2 rings (SSSR count). The van der Waals surface area contributed by atoms with Crippen LogP contribution in [0, 0.1) is 0 Å². The van der Waals surface area contributed by atoms with Crippen LogP contribution in [0.4, 0.5) is 0 Å². The van der Waals surface area contributed by atoms with Crippen molar-refractivity contribution in [2.75, 3.05) is 7.11 Å². The van der Waals surface area contributed by atoms with Crippen molar-refractivity contribution >= 4 is 11.8 Å². The van der Waals surface area contributed by atoms with Crippen molar-refractivity contribution in [3.05, 3.63) is 41.5 Å². The molecule has 0 saturated heterocycles. The second-order valence-corrected chi connectivity index (χ2v) is 3.92. The van der Waals surface area contributed by atoms with Crippen molar-refractivity contribution in [2.24, 2.45) is 5.73 Å². The fraction of sp³-hybridized carbons (Fsp3) is 0.231. The summed E-state index contributed by atoms with van der Waals surface area (Å²) in [6.45, 7) is 1.19. The lowest BCUT2D eigenvalue weighted by Crippen LogP contribution is -2.13. The predicted octanol–water partition coefficient (Wildman–Crippen LogP) is 1.03. The van der Waals surface area contributed by atoms with Gasteiger partial charge in [-0.1, -0.05) is 12.1 Å². The average Bonchev–Trinajstić information content (AvgIpc) is 2.66. The number of benzene rings is 1. The number of hydrogen-bond acceptors (Lipinski definition) is 6. The summed E-state index contributed by atoms with van der Waals surface area (Å²) in [5, 5.41) is 0. The first-order chi connectivity index (χ1) is 9.02. The van der Waals surface area contributed by atoms with Gasteiger partial charge in [-0.05, 0) is 12.1 Å². The van der Waals surface area contributed by atoms with Crippen molar-refractivity contribution in [2.45, 2.75) is 13.0 Å². The molecule has 1 aromatic carbocycles. The minimum Gasteiger partial charge on any atom is -0.497 e. The van der Waals surface area contributed by atoms with E-state index in [4.69, 9.17) is 19.9 Å². The van der Waals surface area contributed by atoms with Gasteiger partial charge in [0.2, 0.25) is 17.4 Å². The summed E-state index contributed by atoms with van der Waals surface area (Å²) in [5.74, 6) is -0.854. The Kier molecular flexibility index (Phi) is 3.41. The zero-order valence-electron chi connectivity index (χ0n) is 10.5. The second-order valence-electron chi connectivity index (χ2n) is 3.92. The summed E-state index contributed by atoms with van der Waals surface area (Å²) in [6.07, 6.45) is -0.889. The number of Topliss-reactive ketones (excluding diaryl/α,β-unsaturated/α-hetero) is 1. The minimum atomic E-state index is -0.889. The Balaban J connectivity index is 2.20. The average molecular weight is 263 g/mol. The lowest BCUT2D eigenvalue weighted by Gasteiger charge is -2.10. The molecule has 0 saturated carbocycles. The zero-order valence-corrected chi connectivity index (χ0v) is 10.5. The van der Waals surface area contributed by atoms with Gasteiger partial charge < -0.3 is 19.9 Å². The first kappa shape index (κ1) is 12.9. The number of ether oxygens (including phenoxy) is 3. The molecular formula is C13H13NO5. The normalized spacial score (nSPS) is 18.2. The van der Waals surface area contributed by atoms with Crippen molar-refractivity contribution in [3.63, 3.8) is 0 Å². The monoisotopic (exact) mass is 263 g/mol. The number of hydrogen-bond donors (Lipinski definition) is 1. The highest BCUT2D eigenvalue weighted by atomic mass is 16.6. The largest absolute Gasteiger partial charge is 0.497 e. The number of carbonyl (C=O) groups is 2. The molecule has 0 fully saturated rings. The summed E-state index contributed by atoms with van der Waals surface area (Å²) in [7, 11) is 1.55. The highest BCUT2D eigenvalue weighted by Gasteiger charge is 2.37. The molecule has 1 unspecified atom stereocenters. The SMILES string of the molecule is COc1ccc(C2OC(N)=C(OC(C)=O)C2=O)cc1. The van der Waals surface area contributed by atoms with Gasteiger partial charge in [0.05, 0.1) is 7.11 Å². The molecule has 19 heavy (non-hydrogen) atoms. The molecule has 0 bridgehead atoms. The summed E-state index contributed by atoms with van der Waals surface area (Å²) >= 11 is 0. The topological polar surface area (TPSA) is 87.8 Å². The fourth-order valence-corrected chi connectivity index (χ4v) is 1.72. The molecule has 1 aromatic rings. The minimum absolute atomic E-state index is 0.180. The van der Waals surface area contributed by atoms with Gasteiger partial charge in [-0.15, -0.1) is 0 Å². The molecule has 100 valence electrons. The molecule has 6 nitrogen and oxygen atoms in total. The maximum absolute atomic E-state index is 12.0. The zero-order chi connectivity index (χ0) is 14.0. The van der Waals surface area contributed by atoms with E-state index in [2.05, 4.69) is 0 Å². The third-order valence-electron chi connectivity index (χ3n) is 2.59. The van der Waals surface area contributed by atoms with E-state index in [0.29, 0.717) is 11.3 Å². The summed E-state index contributed by atoms with van der Waals surface area (Å²) in [6, 6.07) is 6.77. The van der Waals surface area contributed by atoms with E-state index in [1.807, 2.05) is 0 Å².